The molecule has 0 radical (unpaired) electrons. The van der Waals surface area contributed by atoms with Crippen LogP contribution >= 0.6 is 0 Å². The molecule has 4 rings (SSSR count). The Hall–Kier alpha value is -3.50. The van der Waals surface area contributed by atoms with Crippen molar-refractivity contribution in [3.8, 4) is 6.07 Å². The molecule has 0 spiro atoms. The fraction of sp³-hybridized carbons (Fsp3) is 0.360. The average molecular weight is 430 g/mol. The Morgan fingerprint density at radius 3 is 2.44 bits per heavy atom. The smallest absolute Gasteiger partial charge is 0.291 e. The minimum Gasteiger partial charge on any atom is -0.369 e. The molecule has 1 aromatic heterocycles. The van der Waals surface area contributed by atoms with Crippen LogP contribution < -0.4 is 4.90 Å². The third kappa shape index (κ3) is 4.27. The number of nitriles is 1. The fourth-order valence-corrected chi connectivity index (χ4v) is 4.14. The SMILES string of the molecule is CN1CCN(c2ccc3ncc([N+](=O)[O-])c(Cc4ccc(C(C)(C)C#N)cc4)c3c2)CC1. The highest BCUT2D eigenvalue weighted by molar-refractivity contribution is 5.88. The number of benzene rings is 2. The zero-order chi connectivity index (χ0) is 22.9. The van der Waals surface area contributed by atoms with E-state index < -0.39 is 5.41 Å². The number of fused-ring (bicyclic) bond motifs is 1. The number of aromatic nitrogens is 1. The van der Waals surface area contributed by atoms with Gasteiger partial charge in [0.2, 0.25) is 0 Å². The fourth-order valence-electron chi connectivity index (χ4n) is 4.14. The Kier molecular flexibility index (Phi) is 5.81. The van der Waals surface area contributed by atoms with Crippen LogP contribution in [0.3, 0.4) is 0 Å². The van der Waals surface area contributed by atoms with E-state index in [9.17, 15) is 15.4 Å². The summed E-state index contributed by atoms with van der Waals surface area (Å²) in [4.78, 5) is 20.4. The van der Waals surface area contributed by atoms with Gasteiger partial charge in [-0.3, -0.25) is 10.1 Å². The molecule has 0 bridgehead atoms. The Morgan fingerprint density at radius 2 is 1.81 bits per heavy atom. The molecule has 1 aliphatic heterocycles. The molecular formula is C25H27N5O2. The van der Waals surface area contributed by atoms with E-state index >= 15 is 0 Å². The van der Waals surface area contributed by atoms with Crippen molar-refractivity contribution in [3.05, 3.63) is 75.5 Å². The summed E-state index contributed by atoms with van der Waals surface area (Å²) in [7, 11) is 2.12. The number of hydrogen-bond donors (Lipinski definition) is 0. The Bertz CT molecular complexity index is 1190. The van der Waals surface area contributed by atoms with E-state index in [-0.39, 0.29) is 10.6 Å². The van der Waals surface area contributed by atoms with E-state index in [1.165, 1.54) is 6.20 Å². The van der Waals surface area contributed by atoms with Gasteiger partial charge in [-0.05, 0) is 50.2 Å². The van der Waals surface area contributed by atoms with Crippen LogP contribution in [-0.4, -0.2) is 48.0 Å². The van der Waals surface area contributed by atoms with Crippen molar-refractivity contribution in [3.63, 3.8) is 0 Å². The number of rotatable bonds is 5. The maximum absolute atomic E-state index is 11.8. The highest BCUT2D eigenvalue weighted by Gasteiger charge is 2.22. The van der Waals surface area contributed by atoms with Gasteiger partial charge in [-0.15, -0.1) is 0 Å². The van der Waals surface area contributed by atoms with Crippen molar-refractivity contribution in [2.24, 2.45) is 0 Å². The van der Waals surface area contributed by atoms with Gasteiger partial charge in [-0.2, -0.15) is 5.26 Å². The molecule has 1 aliphatic rings. The van der Waals surface area contributed by atoms with E-state index in [0.29, 0.717) is 12.0 Å². The lowest BCUT2D eigenvalue weighted by Gasteiger charge is -2.34. The predicted octanol–water partition coefficient (Wildman–Crippen LogP) is 4.29. The molecule has 1 saturated heterocycles. The number of anilines is 1. The normalized spacial score (nSPS) is 15.0. The largest absolute Gasteiger partial charge is 0.369 e. The summed E-state index contributed by atoms with van der Waals surface area (Å²) in [6.45, 7) is 7.59. The van der Waals surface area contributed by atoms with Crippen molar-refractivity contribution in [2.75, 3.05) is 38.1 Å². The van der Waals surface area contributed by atoms with Gasteiger partial charge in [0, 0.05) is 49.2 Å². The van der Waals surface area contributed by atoms with Crippen LogP contribution in [0.1, 0.15) is 30.5 Å². The molecule has 2 heterocycles. The summed E-state index contributed by atoms with van der Waals surface area (Å²) in [5.74, 6) is 0. The van der Waals surface area contributed by atoms with E-state index in [2.05, 4.69) is 34.0 Å². The van der Waals surface area contributed by atoms with Crippen LogP contribution in [0.15, 0.2) is 48.7 Å². The molecule has 0 N–H and O–H groups in total. The third-order valence-electron chi connectivity index (χ3n) is 6.34. The number of nitro groups is 1. The lowest BCUT2D eigenvalue weighted by Crippen LogP contribution is -2.44. The van der Waals surface area contributed by atoms with Crippen LogP contribution in [0.2, 0.25) is 0 Å². The molecule has 7 nitrogen and oxygen atoms in total. The molecule has 0 atom stereocenters. The van der Waals surface area contributed by atoms with Gasteiger partial charge in [0.15, 0.2) is 0 Å². The van der Waals surface area contributed by atoms with Gasteiger partial charge in [0.1, 0.15) is 6.20 Å². The first-order valence-electron chi connectivity index (χ1n) is 10.8. The molecule has 32 heavy (non-hydrogen) atoms. The molecule has 3 aromatic rings. The lowest BCUT2D eigenvalue weighted by atomic mass is 9.85. The predicted molar refractivity (Wildman–Crippen MR) is 126 cm³/mol. The van der Waals surface area contributed by atoms with E-state index in [1.54, 1.807) is 0 Å². The molecule has 2 aromatic carbocycles. The second-order valence-corrected chi connectivity index (χ2v) is 8.98. The lowest BCUT2D eigenvalue weighted by molar-refractivity contribution is -0.385. The highest BCUT2D eigenvalue weighted by Crippen LogP contribution is 2.32. The molecule has 164 valence electrons. The first kappa shape index (κ1) is 21.7. The van der Waals surface area contributed by atoms with Crippen LogP contribution in [0.25, 0.3) is 10.9 Å². The van der Waals surface area contributed by atoms with E-state index in [0.717, 1.165) is 53.9 Å². The zero-order valence-corrected chi connectivity index (χ0v) is 18.7. The monoisotopic (exact) mass is 429 g/mol. The van der Waals surface area contributed by atoms with Gasteiger partial charge in [0.05, 0.1) is 21.9 Å². The van der Waals surface area contributed by atoms with Crippen molar-refractivity contribution < 1.29 is 4.92 Å². The second kappa shape index (κ2) is 8.56. The van der Waals surface area contributed by atoms with Crippen LogP contribution in [0.4, 0.5) is 11.4 Å². The maximum Gasteiger partial charge on any atom is 0.291 e. The summed E-state index contributed by atoms with van der Waals surface area (Å²) in [6.07, 6.45) is 1.79. The van der Waals surface area contributed by atoms with Crippen molar-refractivity contribution in [1.29, 1.82) is 5.26 Å². The van der Waals surface area contributed by atoms with Crippen LogP contribution in [0, 0.1) is 21.4 Å². The van der Waals surface area contributed by atoms with Gasteiger partial charge >= 0.3 is 0 Å². The summed E-state index contributed by atoms with van der Waals surface area (Å²) >= 11 is 0. The third-order valence-corrected chi connectivity index (χ3v) is 6.34. The van der Waals surface area contributed by atoms with Crippen molar-refractivity contribution in [1.82, 2.24) is 9.88 Å². The Balaban J connectivity index is 1.74. The second-order valence-electron chi connectivity index (χ2n) is 8.98. The number of nitrogens with zero attached hydrogens (tertiary/aromatic N) is 5. The minimum absolute atomic E-state index is 0.0365. The topological polar surface area (TPSA) is 86.3 Å². The Morgan fingerprint density at radius 1 is 1.12 bits per heavy atom. The molecular weight excluding hydrogens is 402 g/mol. The molecule has 0 unspecified atom stereocenters. The van der Waals surface area contributed by atoms with E-state index in [1.807, 2.05) is 50.2 Å². The summed E-state index contributed by atoms with van der Waals surface area (Å²) in [5.41, 5.74) is 3.84. The number of pyridine rings is 1. The number of likely N-dealkylation sites (N-methyl/N-ethyl adjacent to an activating group) is 1. The minimum atomic E-state index is -0.578. The van der Waals surface area contributed by atoms with Gasteiger partial charge in [0.25, 0.3) is 5.69 Å². The molecule has 0 aliphatic carbocycles. The molecule has 1 fully saturated rings. The summed E-state index contributed by atoms with van der Waals surface area (Å²) in [5, 5.41) is 22.0. The van der Waals surface area contributed by atoms with Crippen molar-refractivity contribution >= 4 is 22.3 Å². The number of hydrogen-bond acceptors (Lipinski definition) is 6. The van der Waals surface area contributed by atoms with Gasteiger partial charge in [-0.1, -0.05) is 24.3 Å². The highest BCUT2D eigenvalue weighted by atomic mass is 16.6. The number of piperazine rings is 1. The first-order valence-corrected chi connectivity index (χ1v) is 10.8. The van der Waals surface area contributed by atoms with Crippen molar-refractivity contribution in [2.45, 2.75) is 25.7 Å². The average Bonchev–Trinajstić information content (AvgIpc) is 2.79. The van der Waals surface area contributed by atoms with Crippen LogP contribution in [-0.2, 0) is 11.8 Å². The standard InChI is InChI=1S/C25H27N5O2/c1-25(2,17-26)19-6-4-18(5-7-19)14-22-21-15-20(29-12-10-28(3)11-13-29)8-9-23(21)27-16-24(22)30(31)32/h4-9,15-16H,10-14H2,1-3H3. The molecule has 7 heteroatoms. The molecule has 0 saturated carbocycles. The maximum atomic E-state index is 11.8. The first-order chi connectivity index (χ1) is 15.3. The van der Waals surface area contributed by atoms with Gasteiger partial charge < -0.3 is 9.80 Å². The summed E-state index contributed by atoms with van der Waals surface area (Å²) < 4.78 is 0. The zero-order valence-electron chi connectivity index (χ0n) is 18.7. The summed E-state index contributed by atoms with van der Waals surface area (Å²) in [6, 6.07) is 16.1. The van der Waals surface area contributed by atoms with E-state index in [4.69, 9.17) is 0 Å². The van der Waals surface area contributed by atoms with Gasteiger partial charge in [-0.25, -0.2) is 4.98 Å². The van der Waals surface area contributed by atoms with Crippen LogP contribution in [0.5, 0.6) is 0 Å². The quantitative estimate of drug-likeness (QED) is 0.444. The Labute approximate surface area is 188 Å². The molecule has 0 amide bonds.